The molecule has 1 aliphatic heterocycles. The van der Waals surface area contributed by atoms with Gasteiger partial charge in [-0.05, 0) is 31.2 Å². The first-order chi connectivity index (χ1) is 9.96. The van der Waals surface area contributed by atoms with Crippen molar-refractivity contribution in [3.05, 3.63) is 35.9 Å². The van der Waals surface area contributed by atoms with Crippen molar-refractivity contribution in [2.45, 2.75) is 45.1 Å². The summed E-state index contributed by atoms with van der Waals surface area (Å²) in [5.74, 6) is 0.341. The Morgan fingerprint density at radius 3 is 2.57 bits per heavy atom. The quantitative estimate of drug-likeness (QED) is 0.904. The fraction of sp³-hybridized carbons (Fsp3) is 0.529. The summed E-state index contributed by atoms with van der Waals surface area (Å²) in [6.07, 6.45) is 1.48. The van der Waals surface area contributed by atoms with Crippen LogP contribution in [-0.2, 0) is 9.59 Å². The molecule has 1 heterocycles. The Morgan fingerprint density at radius 1 is 1.29 bits per heavy atom. The van der Waals surface area contributed by atoms with E-state index < -0.39 is 5.54 Å². The molecule has 0 bridgehead atoms. The van der Waals surface area contributed by atoms with Crippen LogP contribution in [0.15, 0.2) is 30.3 Å². The van der Waals surface area contributed by atoms with Crippen LogP contribution in [0, 0.1) is 0 Å². The summed E-state index contributed by atoms with van der Waals surface area (Å²) in [4.78, 5) is 26.0. The van der Waals surface area contributed by atoms with Crippen molar-refractivity contribution in [2.75, 3.05) is 13.1 Å². The molecule has 0 aromatic heterocycles. The molecule has 0 saturated carbocycles. The normalized spacial score (nSPS) is 23.9. The van der Waals surface area contributed by atoms with Crippen molar-refractivity contribution >= 4 is 11.8 Å². The number of rotatable bonds is 5. The van der Waals surface area contributed by atoms with Crippen molar-refractivity contribution in [3.63, 3.8) is 0 Å². The number of amides is 2. The van der Waals surface area contributed by atoms with Crippen molar-refractivity contribution in [1.29, 1.82) is 0 Å². The average molecular weight is 288 g/mol. The minimum Gasteiger partial charge on any atom is -0.340 e. The highest BCUT2D eigenvalue weighted by molar-refractivity contribution is 5.97. The van der Waals surface area contributed by atoms with Crippen LogP contribution in [0.1, 0.15) is 45.1 Å². The van der Waals surface area contributed by atoms with Crippen LogP contribution >= 0.6 is 0 Å². The molecule has 1 aromatic rings. The maximum Gasteiger partial charge on any atom is 0.248 e. The predicted octanol–water partition coefficient (Wildman–Crippen LogP) is 2.31. The molecule has 2 unspecified atom stereocenters. The van der Waals surface area contributed by atoms with Gasteiger partial charge in [0.1, 0.15) is 5.54 Å². The Bertz CT molecular complexity index is 515. The molecule has 1 aromatic carbocycles. The van der Waals surface area contributed by atoms with E-state index in [4.69, 9.17) is 0 Å². The van der Waals surface area contributed by atoms with Gasteiger partial charge in [0.2, 0.25) is 11.8 Å². The molecule has 1 N–H and O–H groups in total. The fourth-order valence-electron chi connectivity index (χ4n) is 2.71. The topological polar surface area (TPSA) is 49.4 Å². The van der Waals surface area contributed by atoms with Gasteiger partial charge in [-0.3, -0.25) is 9.59 Å². The first-order valence-corrected chi connectivity index (χ1v) is 7.61. The smallest absolute Gasteiger partial charge is 0.248 e. The number of nitrogens with one attached hydrogen (secondary N) is 1. The number of benzene rings is 1. The lowest BCUT2D eigenvalue weighted by atomic mass is 9.93. The number of carbonyl (C=O) groups is 2. The van der Waals surface area contributed by atoms with Gasteiger partial charge in [0.25, 0.3) is 0 Å². The van der Waals surface area contributed by atoms with E-state index in [1.165, 1.54) is 5.56 Å². The highest BCUT2D eigenvalue weighted by Gasteiger charge is 2.41. The molecule has 2 atom stereocenters. The lowest BCUT2D eigenvalue weighted by Gasteiger charge is -2.39. The van der Waals surface area contributed by atoms with E-state index >= 15 is 0 Å². The number of piperazine rings is 1. The van der Waals surface area contributed by atoms with Gasteiger partial charge in [-0.15, -0.1) is 0 Å². The molecule has 2 rings (SSSR count). The van der Waals surface area contributed by atoms with Gasteiger partial charge >= 0.3 is 0 Å². The van der Waals surface area contributed by atoms with Crippen LogP contribution in [0.3, 0.4) is 0 Å². The molecule has 0 radical (unpaired) electrons. The maximum atomic E-state index is 12.5. The molecule has 1 fully saturated rings. The van der Waals surface area contributed by atoms with Gasteiger partial charge < -0.3 is 10.2 Å². The third-order valence-electron chi connectivity index (χ3n) is 4.42. The second kappa shape index (κ2) is 6.29. The van der Waals surface area contributed by atoms with Crippen LogP contribution in [0.5, 0.6) is 0 Å². The van der Waals surface area contributed by atoms with E-state index in [0.29, 0.717) is 18.9 Å². The SMILES string of the molecule is CCC1(C)NC(=O)CN(CCC(C)c2ccccc2)C1=O. The zero-order chi connectivity index (χ0) is 15.5. The molecule has 4 nitrogen and oxygen atoms in total. The summed E-state index contributed by atoms with van der Waals surface area (Å²) in [7, 11) is 0. The van der Waals surface area contributed by atoms with Crippen LogP contribution in [0.4, 0.5) is 0 Å². The lowest BCUT2D eigenvalue weighted by Crippen LogP contribution is -2.65. The molecular weight excluding hydrogens is 264 g/mol. The van der Waals surface area contributed by atoms with Gasteiger partial charge in [-0.1, -0.05) is 44.2 Å². The molecular formula is C17H24N2O2. The monoisotopic (exact) mass is 288 g/mol. The third kappa shape index (κ3) is 3.43. The van der Waals surface area contributed by atoms with E-state index in [1.807, 2.05) is 25.1 Å². The van der Waals surface area contributed by atoms with E-state index in [0.717, 1.165) is 6.42 Å². The van der Waals surface area contributed by atoms with E-state index in [1.54, 1.807) is 11.8 Å². The molecule has 0 spiro atoms. The van der Waals surface area contributed by atoms with Gasteiger partial charge in [0.05, 0.1) is 6.54 Å². The molecule has 1 saturated heterocycles. The van der Waals surface area contributed by atoms with Crippen LogP contribution < -0.4 is 5.32 Å². The van der Waals surface area contributed by atoms with Gasteiger partial charge in [0.15, 0.2) is 0 Å². The Hall–Kier alpha value is -1.84. The zero-order valence-electron chi connectivity index (χ0n) is 13.1. The highest BCUT2D eigenvalue weighted by Crippen LogP contribution is 2.22. The Balaban J connectivity index is 1.99. The minimum absolute atomic E-state index is 0.0323. The molecule has 4 heteroatoms. The van der Waals surface area contributed by atoms with Crippen molar-refractivity contribution in [1.82, 2.24) is 10.2 Å². The summed E-state index contributed by atoms with van der Waals surface area (Å²) < 4.78 is 0. The zero-order valence-corrected chi connectivity index (χ0v) is 13.1. The van der Waals surface area contributed by atoms with E-state index in [-0.39, 0.29) is 18.4 Å². The summed E-state index contributed by atoms with van der Waals surface area (Å²) in [5.41, 5.74) is 0.523. The number of nitrogens with zero attached hydrogens (tertiary/aromatic N) is 1. The van der Waals surface area contributed by atoms with Crippen LogP contribution in [-0.4, -0.2) is 35.3 Å². The minimum atomic E-state index is -0.745. The van der Waals surface area contributed by atoms with E-state index in [2.05, 4.69) is 24.4 Å². The van der Waals surface area contributed by atoms with E-state index in [9.17, 15) is 9.59 Å². The fourth-order valence-corrected chi connectivity index (χ4v) is 2.71. The third-order valence-corrected chi connectivity index (χ3v) is 4.42. The van der Waals surface area contributed by atoms with Crippen molar-refractivity contribution in [2.24, 2.45) is 0 Å². The Labute approximate surface area is 126 Å². The molecule has 2 amide bonds. The second-order valence-corrected chi connectivity index (χ2v) is 6.06. The first-order valence-electron chi connectivity index (χ1n) is 7.61. The largest absolute Gasteiger partial charge is 0.340 e. The average Bonchev–Trinajstić information content (AvgIpc) is 2.50. The van der Waals surface area contributed by atoms with Gasteiger partial charge in [0, 0.05) is 6.54 Å². The number of hydrogen-bond acceptors (Lipinski definition) is 2. The number of hydrogen-bond donors (Lipinski definition) is 1. The Kier molecular flexibility index (Phi) is 4.66. The highest BCUT2D eigenvalue weighted by atomic mass is 16.2. The molecule has 1 aliphatic rings. The predicted molar refractivity (Wildman–Crippen MR) is 82.9 cm³/mol. The standard InChI is InChI=1S/C17H24N2O2/c1-4-17(3)16(21)19(12-15(20)18-17)11-10-13(2)14-8-6-5-7-9-14/h5-9,13H,4,10-12H2,1-3H3,(H,18,20). The van der Waals surface area contributed by atoms with Crippen molar-refractivity contribution < 1.29 is 9.59 Å². The summed E-state index contributed by atoms with van der Waals surface area (Å²) in [5, 5.41) is 2.81. The molecule has 114 valence electrons. The summed E-state index contributed by atoms with van der Waals surface area (Å²) in [6, 6.07) is 10.3. The molecule has 21 heavy (non-hydrogen) atoms. The number of carbonyl (C=O) groups excluding carboxylic acids is 2. The van der Waals surface area contributed by atoms with Gasteiger partial charge in [-0.25, -0.2) is 0 Å². The van der Waals surface area contributed by atoms with Gasteiger partial charge in [-0.2, -0.15) is 0 Å². The Morgan fingerprint density at radius 2 is 1.95 bits per heavy atom. The lowest BCUT2D eigenvalue weighted by molar-refractivity contribution is -0.149. The van der Waals surface area contributed by atoms with Crippen LogP contribution in [0.25, 0.3) is 0 Å². The molecule has 0 aliphatic carbocycles. The summed E-state index contributed by atoms with van der Waals surface area (Å²) >= 11 is 0. The first kappa shape index (κ1) is 15.5. The van der Waals surface area contributed by atoms with Crippen molar-refractivity contribution in [3.8, 4) is 0 Å². The maximum absolute atomic E-state index is 12.5. The summed E-state index contributed by atoms with van der Waals surface area (Å²) in [6.45, 7) is 6.69. The van der Waals surface area contributed by atoms with Crippen LogP contribution in [0.2, 0.25) is 0 Å². The second-order valence-electron chi connectivity index (χ2n) is 6.06.